The second-order valence-electron chi connectivity index (χ2n) is 2.96. The largest absolute Gasteiger partial charge is 0.512 e. The van der Waals surface area contributed by atoms with Gasteiger partial charge in [0.1, 0.15) is 11.3 Å². The SMILES string of the molecule is CCOC(=O)/C(C=Nc1ccsc1)=C(\C)O. The maximum atomic E-state index is 11.4. The summed E-state index contributed by atoms with van der Waals surface area (Å²) < 4.78 is 4.79. The Balaban J connectivity index is 2.82. The lowest BCUT2D eigenvalue weighted by atomic mass is 10.2. The van der Waals surface area contributed by atoms with Gasteiger partial charge in [0, 0.05) is 11.6 Å². The summed E-state index contributed by atoms with van der Waals surface area (Å²) in [5.74, 6) is -0.668. The van der Waals surface area contributed by atoms with Crippen LogP contribution in [0.2, 0.25) is 0 Å². The summed E-state index contributed by atoms with van der Waals surface area (Å²) in [6, 6.07) is 1.82. The second-order valence-corrected chi connectivity index (χ2v) is 3.74. The molecular weight excluding hydrogens is 226 g/mol. The highest BCUT2D eigenvalue weighted by Crippen LogP contribution is 2.16. The number of hydrogen-bond acceptors (Lipinski definition) is 5. The lowest BCUT2D eigenvalue weighted by Crippen LogP contribution is -2.10. The van der Waals surface area contributed by atoms with E-state index in [0.717, 1.165) is 5.69 Å². The van der Waals surface area contributed by atoms with E-state index in [1.807, 2.05) is 16.8 Å². The topological polar surface area (TPSA) is 58.9 Å². The number of hydrogen-bond donors (Lipinski definition) is 1. The van der Waals surface area contributed by atoms with E-state index in [1.165, 1.54) is 24.5 Å². The van der Waals surface area contributed by atoms with Crippen molar-refractivity contribution in [3.8, 4) is 0 Å². The summed E-state index contributed by atoms with van der Waals surface area (Å²) >= 11 is 1.51. The normalized spacial score (nSPS) is 12.6. The maximum Gasteiger partial charge on any atom is 0.343 e. The molecular formula is C11H13NO3S. The molecule has 0 fully saturated rings. The summed E-state index contributed by atoms with van der Waals surface area (Å²) in [7, 11) is 0. The van der Waals surface area contributed by atoms with Crippen molar-refractivity contribution in [3.63, 3.8) is 0 Å². The monoisotopic (exact) mass is 239 g/mol. The minimum atomic E-state index is -0.568. The van der Waals surface area contributed by atoms with Crippen LogP contribution in [0.25, 0.3) is 0 Å². The predicted molar refractivity (Wildman–Crippen MR) is 64.4 cm³/mol. The first-order chi connectivity index (χ1) is 7.65. The number of allylic oxidation sites excluding steroid dienone is 1. The number of thiophene rings is 1. The van der Waals surface area contributed by atoms with Gasteiger partial charge in [-0.3, -0.25) is 4.99 Å². The van der Waals surface area contributed by atoms with Gasteiger partial charge in [0.15, 0.2) is 0 Å². The number of nitrogens with zero attached hydrogens (tertiary/aromatic N) is 1. The van der Waals surface area contributed by atoms with Crippen LogP contribution in [0.15, 0.2) is 33.2 Å². The fourth-order valence-electron chi connectivity index (χ4n) is 0.972. The Bertz CT molecular complexity index is 403. The molecule has 0 bridgehead atoms. The van der Waals surface area contributed by atoms with Crippen molar-refractivity contribution in [2.45, 2.75) is 13.8 Å². The lowest BCUT2D eigenvalue weighted by molar-refractivity contribution is -0.138. The Morgan fingerprint density at radius 1 is 1.69 bits per heavy atom. The summed E-state index contributed by atoms with van der Waals surface area (Å²) in [4.78, 5) is 15.5. The molecule has 0 saturated heterocycles. The minimum Gasteiger partial charge on any atom is -0.512 e. The standard InChI is InChI=1S/C11H13NO3S/c1-3-15-11(14)10(8(2)13)6-12-9-4-5-16-7-9/h4-7,13H,3H2,1-2H3/b10-8+,12-6?. The first kappa shape index (κ1) is 12.4. The smallest absolute Gasteiger partial charge is 0.343 e. The lowest BCUT2D eigenvalue weighted by Gasteiger charge is -2.02. The highest BCUT2D eigenvalue weighted by atomic mass is 32.1. The van der Waals surface area contributed by atoms with E-state index in [2.05, 4.69) is 4.99 Å². The Hall–Kier alpha value is -1.62. The van der Waals surface area contributed by atoms with Crippen LogP contribution in [0.5, 0.6) is 0 Å². The number of carbonyl (C=O) groups excluding carboxylic acids is 1. The fourth-order valence-corrected chi connectivity index (χ4v) is 1.55. The number of aliphatic hydroxyl groups excluding tert-OH is 1. The van der Waals surface area contributed by atoms with Crippen LogP contribution >= 0.6 is 11.3 Å². The molecule has 1 aromatic rings. The minimum absolute atomic E-state index is 0.0769. The highest BCUT2D eigenvalue weighted by Gasteiger charge is 2.11. The van der Waals surface area contributed by atoms with Crippen LogP contribution in [0.3, 0.4) is 0 Å². The van der Waals surface area contributed by atoms with E-state index in [9.17, 15) is 9.90 Å². The Morgan fingerprint density at radius 2 is 2.44 bits per heavy atom. The zero-order valence-electron chi connectivity index (χ0n) is 9.14. The molecule has 0 atom stereocenters. The predicted octanol–water partition coefficient (Wildman–Crippen LogP) is 2.85. The average Bonchev–Trinajstić information content (AvgIpc) is 2.70. The number of ether oxygens (including phenoxy) is 1. The molecule has 1 N–H and O–H groups in total. The molecule has 5 heteroatoms. The van der Waals surface area contributed by atoms with Gasteiger partial charge >= 0.3 is 5.97 Å². The molecule has 16 heavy (non-hydrogen) atoms. The van der Waals surface area contributed by atoms with Crippen molar-refractivity contribution in [3.05, 3.63) is 28.2 Å². The number of esters is 1. The van der Waals surface area contributed by atoms with Crippen LogP contribution in [0, 0.1) is 0 Å². The van der Waals surface area contributed by atoms with Crippen LogP contribution < -0.4 is 0 Å². The number of aliphatic imine (C=N–C) groups is 1. The van der Waals surface area contributed by atoms with Gasteiger partial charge in [-0.25, -0.2) is 4.79 Å². The van der Waals surface area contributed by atoms with E-state index in [4.69, 9.17) is 4.74 Å². The zero-order valence-corrected chi connectivity index (χ0v) is 9.95. The first-order valence-electron chi connectivity index (χ1n) is 4.78. The van der Waals surface area contributed by atoms with Crippen molar-refractivity contribution in [1.29, 1.82) is 0 Å². The molecule has 0 unspecified atom stereocenters. The molecule has 0 radical (unpaired) electrons. The van der Waals surface area contributed by atoms with Crippen LogP contribution in [-0.4, -0.2) is 23.9 Å². The third-order valence-electron chi connectivity index (χ3n) is 1.73. The molecule has 0 saturated carbocycles. The summed E-state index contributed by atoms with van der Waals surface area (Å²) in [6.45, 7) is 3.39. The van der Waals surface area contributed by atoms with Crippen molar-refractivity contribution < 1.29 is 14.6 Å². The number of carbonyl (C=O) groups is 1. The van der Waals surface area contributed by atoms with Crippen LogP contribution in [-0.2, 0) is 9.53 Å². The molecule has 1 aromatic heterocycles. The summed E-state index contributed by atoms with van der Waals surface area (Å²) in [5.41, 5.74) is 0.820. The summed E-state index contributed by atoms with van der Waals surface area (Å²) in [6.07, 6.45) is 1.31. The van der Waals surface area contributed by atoms with E-state index in [0.29, 0.717) is 0 Å². The van der Waals surface area contributed by atoms with Gasteiger partial charge in [0.2, 0.25) is 0 Å². The van der Waals surface area contributed by atoms with Crippen LogP contribution in [0.1, 0.15) is 13.8 Å². The van der Waals surface area contributed by atoms with Crippen molar-refractivity contribution in [2.24, 2.45) is 4.99 Å². The Labute approximate surface area is 97.9 Å². The van der Waals surface area contributed by atoms with Gasteiger partial charge in [-0.2, -0.15) is 11.3 Å². The number of aliphatic hydroxyl groups is 1. The molecule has 0 amide bonds. The molecule has 0 aromatic carbocycles. The van der Waals surface area contributed by atoms with Gasteiger partial charge in [-0.15, -0.1) is 0 Å². The van der Waals surface area contributed by atoms with E-state index < -0.39 is 5.97 Å². The molecule has 4 nitrogen and oxygen atoms in total. The third-order valence-corrected chi connectivity index (χ3v) is 2.40. The average molecular weight is 239 g/mol. The van der Waals surface area contributed by atoms with Gasteiger partial charge in [-0.1, -0.05) is 0 Å². The fraction of sp³-hybridized carbons (Fsp3) is 0.273. The maximum absolute atomic E-state index is 11.4. The molecule has 1 heterocycles. The van der Waals surface area contributed by atoms with Crippen molar-refractivity contribution in [1.82, 2.24) is 0 Å². The molecule has 86 valence electrons. The van der Waals surface area contributed by atoms with Crippen molar-refractivity contribution in [2.75, 3.05) is 6.61 Å². The molecule has 1 rings (SSSR count). The molecule has 0 spiro atoms. The Morgan fingerprint density at radius 3 is 2.94 bits per heavy atom. The quantitative estimate of drug-likeness (QED) is 0.380. The third kappa shape index (κ3) is 3.51. The zero-order chi connectivity index (χ0) is 12.0. The molecule has 0 aliphatic carbocycles. The molecule has 0 aliphatic heterocycles. The van der Waals surface area contributed by atoms with E-state index in [-0.39, 0.29) is 17.9 Å². The Kier molecular flexibility index (Phi) is 4.72. The van der Waals surface area contributed by atoms with E-state index in [1.54, 1.807) is 6.92 Å². The van der Waals surface area contributed by atoms with E-state index >= 15 is 0 Å². The number of rotatable bonds is 4. The van der Waals surface area contributed by atoms with Crippen molar-refractivity contribution >= 4 is 29.2 Å². The molecule has 0 aliphatic rings. The first-order valence-corrected chi connectivity index (χ1v) is 5.72. The van der Waals surface area contributed by atoms with Gasteiger partial charge in [-0.05, 0) is 25.3 Å². The van der Waals surface area contributed by atoms with Gasteiger partial charge in [0.05, 0.1) is 12.3 Å². The van der Waals surface area contributed by atoms with Gasteiger partial charge in [0.25, 0.3) is 0 Å². The van der Waals surface area contributed by atoms with Gasteiger partial charge < -0.3 is 9.84 Å². The van der Waals surface area contributed by atoms with Crippen LogP contribution in [0.4, 0.5) is 5.69 Å². The highest BCUT2D eigenvalue weighted by molar-refractivity contribution is 7.08. The summed E-state index contributed by atoms with van der Waals surface area (Å²) in [5, 5.41) is 13.0. The second kappa shape index (κ2) is 6.07.